The number of sulfonamides is 1. The summed E-state index contributed by atoms with van der Waals surface area (Å²) in [6, 6.07) is 9.16. The van der Waals surface area contributed by atoms with Crippen molar-refractivity contribution < 1.29 is 13.2 Å². The molecule has 8 heteroatoms. The van der Waals surface area contributed by atoms with E-state index in [1.807, 2.05) is 30.5 Å². The second kappa shape index (κ2) is 9.22. The van der Waals surface area contributed by atoms with Gasteiger partial charge in [0.05, 0.1) is 25.0 Å². The highest BCUT2D eigenvalue weighted by Gasteiger charge is 2.34. The Kier molecular flexibility index (Phi) is 6.60. The Balaban J connectivity index is 1.46. The zero-order valence-electron chi connectivity index (χ0n) is 18.2. The molecule has 0 unspecified atom stereocenters. The van der Waals surface area contributed by atoms with Crippen molar-refractivity contribution in [2.75, 3.05) is 12.9 Å². The quantitative estimate of drug-likeness (QED) is 0.738. The van der Waals surface area contributed by atoms with Gasteiger partial charge in [0.25, 0.3) is 5.56 Å². The van der Waals surface area contributed by atoms with E-state index in [9.17, 15) is 13.2 Å². The molecule has 2 aromatic heterocycles. The van der Waals surface area contributed by atoms with Crippen molar-refractivity contribution in [1.29, 1.82) is 0 Å². The van der Waals surface area contributed by atoms with Crippen LogP contribution >= 0.6 is 0 Å². The predicted molar refractivity (Wildman–Crippen MR) is 120 cm³/mol. The number of aryl methyl sites for hydroxylation is 2. The third kappa shape index (κ3) is 5.25. The van der Waals surface area contributed by atoms with Gasteiger partial charge in [0.2, 0.25) is 10.0 Å². The van der Waals surface area contributed by atoms with E-state index in [-0.39, 0.29) is 23.7 Å². The molecule has 0 spiro atoms. The molecule has 1 aliphatic carbocycles. The summed E-state index contributed by atoms with van der Waals surface area (Å²) in [6.45, 7) is 2.11. The van der Waals surface area contributed by atoms with E-state index >= 15 is 0 Å². The van der Waals surface area contributed by atoms with Crippen molar-refractivity contribution in [1.82, 2.24) is 14.3 Å². The van der Waals surface area contributed by atoms with Gasteiger partial charge in [-0.05, 0) is 63.6 Å². The molecule has 0 aromatic carbocycles. The van der Waals surface area contributed by atoms with Gasteiger partial charge in [-0.25, -0.2) is 13.1 Å². The topological polar surface area (TPSA) is 90.3 Å². The molecule has 31 heavy (non-hydrogen) atoms. The molecular formula is C23H31N3O4S. The van der Waals surface area contributed by atoms with Crippen LogP contribution in [0.4, 0.5) is 0 Å². The maximum atomic E-state index is 12.9. The van der Waals surface area contributed by atoms with Crippen molar-refractivity contribution >= 4 is 10.0 Å². The zero-order chi connectivity index (χ0) is 22.0. The maximum Gasteiger partial charge on any atom is 0.254 e. The van der Waals surface area contributed by atoms with E-state index in [0.717, 1.165) is 37.1 Å². The van der Waals surface area contributed by atoms with Crippen LogP contribution in [0, 0.1) is 6.92 Å². The van der Waals surface area contributed by atoms with Crippen LogP contribution in [0.25, 0.3) is 0 Å². The van der Waals surface area contributed by atoms with Gasteiger partial charge in [0.1, 0.15) is 0 Å². The molecule has 168 valence electrons. The average molecular weight is 446 g/mol. The van der Waals surface area contributed by atoms with E-state index in [0.29, 0.717) is 30.9 Å². The van der Waals surface area contributed by atoms with Crippen LogP contribution in [0.15, 0.2) is 41.3 Å². The summed E-state index contributed by atoms with van der Waals surface area (Å²) in [4.78, 5) is 17.4. The van der Waals surface area contributed by atoms with Crippen LogP contribution in [-0.2, 0) is 21.2 Å². The smallest absolute Gasteiger partial charge is 0.254 e. The summed E-state index contributed by atoms with van der Waals surface area (Å²) < 4.78 is 34.7. The van der Waals surface area contributed by atoms with E-state index in [1.165, 1.54) is 6.26 Å². The summed E-state index contributed by atoms with van der Waals surface area (Å²) in [5.74, 6) is 0.460. The maximum absolute atomic E-state index is 12.9. The SMILES string of the molecule is Cc1ccc2n(c1=O)[C@@H](COC1CCC(c3ccccn3)CC1)[C@@H](NS(C)(=O)=O)CC2. The standard InChI is InChI=1S/C23H31N3O4S/c1-16-6-9-18-10-13-21(25-31(2,28)29)22(26(18)23(16)27)15-30-19-11-7-17(8-12-19)20-5-3-4-14-24-20/h3-6,9,14,17,19,21-22,25H,7-8,10-13,15H2,1-2H3/t17?,19?,21-,22-/m0/s1. The van der Waals surface area contributed by atoms with Crippen LogP contribution < -0.4 is 10.3 Å². The fraction of sp³-hybridized carbons (Fsp3) is 0.565. The van der Waals surface area contributed by atoms with Gasteiger partial charge in [0.15, 0.2) is 0 Å². The number of aromatic nitrogens is 2. The molecule has 1 saturated carbocycles. The van der Waals surface area contributed by atoms with Crippen LogP contribution in [0.2, 0.25) is 0 Å². The molecule has 1 aliphatic heterocycles. The molecule has 0 amide bonds. The highest BCUT2D eigenvalue weighted by molar-refractivity contribution is 7.88. The minimum absolute atomic E-state index is 0.0649. The summed E-state index contributed by atoms with van der Waals surface area (Å²) in [5.41, 5.74) is 2.67. The Hall–Kier alpha value is -2.03. The summed E-state index contributed by atoms with van der Waals surface area (Å²) in [6.07, 6.45) is 8.35. The Bertz CT molecular complexity index is 1060. The molecule has 1 N–H and O–H groups in total. The largest absolute Gasteiger partial charge is 0.376 e. The van der Waals surface area contributed by atoms with Gasteiger partial charge in [0, 0.05) is 35.1 Å². The molecule has 0 bridgehead atoms. The normalized spacial score (nSPS) is 26.4. The third-order valence-electron chi connectivity index (χ3n) is 6.55. The molecule has 7 nitrogen and oxygen atoms in total. The van der Waals surface area contributed by atoms with Gasteiger partial charge in [-0.3, -0.25) is 9.78 Å². The molecule has 2 atom stereocenters. The average Bonchev–Trinajstić information content (AvgIpc) is 2.75. The molecule has 4 rings (SSSR count). The van der Waals surface area contributed by atoms with Gasteiger partial charge < -0.3 is 9.30 Å². The number of hydrogen-bond acceptors (Lipinski definition) is 5. The van der Waals surface area contributed by atoms with E-state index < -0.39 is 10.0 Å². The second-order valence-corrected chi connectivity index (χ2v) is 10.6. The summed E-state index contributed by atoms with van der Waals surface area (Å²) in [7, 11) is -3.39. The zero-order valence-corrected chi connectivity index (χ0v) is 19.0. The first-order chi connectivity index (χ1) is 14.8. The van der Waals surface area contributed by atoms with Crippen LogP contribution in [0.1, 0.15) is 61.0 Å². The first-order valence-electron chi connectivity index (χ1n) is 11.0. The predicted octanol–water partition coefficient (Wildman–Crippen LogP) is 2.70. The van der Waals surface area contributed by atoms with E-state index in [1.54, 1.807) is 11.5 Å². The van der Waals surface area contributed by atoms with Crippen LogP contribution in [0.5, 0.6) is 0 Å². The highest BCUT2D eigenvalue weighted by atomic mass is 32.2. The van der Waals surface area contributed by atoms with Gasteiger partial charge >= 0.3 is 0 Å². The van der Waals surface area contributed by atoms with Gasteiger partial charge in [-0.1, -0.05) is 12.1 Å². The van der Waals surface area contributed by atoms with Crippen molar-refractivity contribution in [2.45, 2.75) is 69.6 Å². The molecule has 0 radical (unpaired) electrons. The Morgan fingerprint density at radius 3 is 2.58 bits per heavy atom. The minimum Gasteiger partial charge on any atom is -0.376 e. The Morgan fingerprint density at radius 2 is 1.90 bits per heavy atom. The van der Waals surface area contributed by atoms with Crippen molar-refractivity contribution in [3.63, 3.8) is 0 Å². The lowest BCUT2D eigenvalue weighted by Gasteiger charge is -2.37. The minimum atomic E-state index is -3.39. The van der Waals surface area contributed by atoms with Crippen LogP contribution in [-0.4, -0.2) is 43.0 Å². The van der Waals surface area contributed by atoms with Gasteiger partial charge in [-0.2, -0.15) is 0 Å². The van der Waals surface area contributed by atoms with E-state index in [4.69, 9.17) is 4.74 Å². The Labute approximate surface area is 183 Å². The van der Waals surface area contributed by atoms with Gasteiger partial charge in [-0.15, -0.1) is 0 Å². The summed E-state index contributed by atoms with van der Waals surface area (Å²) >= 11 is 0. The molecular weight excluding hydrogens is 414 g/mol. The first-order valence-corrected chi connectivity index (χ1v) is 12.9. The fourth-order valence-corrected chi connectivity index (χ4v) is 5.74. The number of nitrogens with one attached hydrogen (secondary N) is 1. The third-order valence-corrected chi connectivity index (χ3v) is 7.28. The number of nitrogens with zero attached hydrogens (tertiary/aromatic N) is 2. The molecule has 2 aliphatic rings. The van der Waals surface area contributed by atoms with Crippen molar-refractivity contribution in [3.8, 4) is 0 Å². The lowest BCUT2D eigenvalue weighted by Crippen LogP contribution is -2.49. The summed E-state index contributed by atoms with van der Waals surface area (Å²) in [5, 5.41) is 0. The van der Waals surface area contributed by atoms with Crippen molar-refractivity contribution in [2.24, 2.45) is 0 Å². The number of rotatable bonds is 6. The lowest BCUT2D eigenvalue weighted by molar-refractivity contribution is -0.00186. The number of fused-ring (bicyclic) bond motifs is 1. The molecule has 3 heterocycles. The molecule has 0 saturated heterocycles. The lowest BCUT2D eigenvalue weighted by atomic mass is 9.85. The van der Waals surface area contributed by atoms with Crippen LogP contribution in [0.3, 0.4) is 0 Å². The monoisotopic (exact) mass is 445 g/mol. The first kappa shape index (κ1) is 22.2. The van der Waals surface area contributed by atoms with Crippen molar-refractivity contribution in [3.05, 3.63) is 63.8 Å². The second-order valence-electron chi connectivity index (χ2n) is 8.85. The molecule has 2 aromatic rings. The van der Waals surface area contributed by atoms with E-state index in [2.05, 4.69) is 15.8 Å². The number of hydrogen-bond donors (Lipinski definition) is 1. The fourth-order valence-electron chi connectivity index (χ4n) is 4.92. The Morgan fingerprint density at radius 1 is 1.13 bits per heavy atom. The number of pyridine rings is 2. The number of ether oxygens (including phenoxy) is 1. The highest BCUT2D eigenvalue weighted by Crippen LogP contribution is 2.34. The molecule has 1 fully saturated rings.